The Labute approximate surface area is 214 Å². The van der Waals surface area contributed by atoms with Gasteiger partial charge in [-0.25, -0.2) is 0 Å². The lowest BCUT2D eigenvalue weighted by Crippen LogP contribution is -2.35. The molecule has 196 valence electrons. The minimum atomic E-state index is -0.499. The van der Waals surface area contributed by atoms with Crippen molar-refractivity contribution >= 4 is 17.5 Å². The lowest BCUT2D eigenvalue weighted by molar-refractivity contribution is -0.129. The Morgan fingerprint density at radius 2 is 1.56 bits per heavy atom. The molecule has 1 amide bonds. The highest BCUT2D eigenvalue weighted by molar-refractivity contribution is 5.86. The van der Waals surface area contributed by atoms with Gasteiger partial charge >= 0.3 is 0 Å². The van der Waals surface area contributed by atoms with Gasteiger partial charge in [0.05, 0.1) is 26.9 Å². The van der Waals surface area contributed by atoms with Crippen LogP contribution in [0.1, 0.15) is 76.5 Å². The van der Waals surface area contributed by atoms with Crippen LogP contribution in [0.2, 0.25) is 0 Å². The van der Waals surface area contributed by atoms with Gasteiger partial charge in [-0.05, 0) is 63.4 Å². The third kappa shape index (κ3) is 9.02. The average molecular weight is 498 g/mol. The van der Waals surface area contributed by atoms with Crippen LogP contribution in [-0.4, -0.2) is 38.3 Å². The van der Waals surface area contributed by atoms with Crippen molar-refractivity contribution in [3.05, 3.63) is 53.6 Å². The molecule has 36 heavy (non-hydrogen) atoms. The summed E-state index contributed by atoms with van der Waals surface area (Å²) in [4.78, 5) is 36.7. The minimum absolute atomic E-state index is 0.0291. The van der Waals surface area contributed by atoms with E-state index >= 15 is 0 Å². The summed E-state index contributed by atoms with van der Waals surface area (Å²) < 4.78 is 16.5. The van der Waals surface area contributed by atoms with Crippen molar-refractivity contribution in [3.63, 3.8) is 0 Å². The SMILES string of the molecule is CCOc1ccc(C(NC(=O)C(CCCCCC(C)=O)CC(C)=O)c2ccc(OC)cc2OC)cc1. The molecule has 0 aliphatic carbocycles. The maximum atomic E-state index is 13.5. The van der Waals surface area contributed by atoms with Crippen LogP contribution in [0.15, 0.2) is 42.5 Å². The molecule has 0 bridgehead atoms. The number of benzene rings is 2. The van der Waals surface area contributed by atoms with Crippen LogP contribution in [0.3, 0.4) is 0 Å². The molecule has 7 nitrogen and oxygen atoms in total. The first kappa shape index (κ1) is 28.9. The van der Waals surface area contributed by atoms with Crippen LogP contribution in [0.4, 0.5) is 0 Å². The predicted molar refractivity (Wildman–Crippen MR) is 140 cm³/mol. The summed E-state index contributed by atoms with van der Waals surface area (Å²) in [7, 11) is 3.16. The Kier molecular flexibility index (Phi) is 12.0. The summed E-state index contributed by atoms with van der Waals surface area (Å²) in [5.41, 5.74) is 1.64. The third-order valence-corrected chi connectivity index (χ3v) is 6.05. The second-order valence-electron chi connectivity index (χ2n) is 8.96. The number of ketones is 2. The molecule has 0 aliphatic rings. The van der Waals surface area contributed by atoms with Crippen molar-refractivity contribution in [1.29, 1.82) is 0 Å². The Balaban J connectivity index is 2.32. The molecule has 0 spiro atoms. The minimum Gasteiger partial charge on any atom is -0.497 e. The van der Waals surface area contributed by atoms with E-state index in [-0.39, 0.29) is 23.9 Å². The first-order chi connectivity index (χ1) is 17.3. The van der Waals surface area contributed by atoms with Crippen LogP contribution in [0, 0.1) is 5.92 Å². The smallest absolute Gasteiger partial charge is 0.224 e. The number of hydrogen-bond donors (Lipinski definition) is 1. The number of carbonyl (C=O) groups excluding carboxylic acids is 3. The number of nitrogens with one attached hydrogen (secondary N) is 1. The summed E-state index contributed by atoms with van der Waals surface area (Å²) in [5.74, 6) is 1.47. The molecular weight excluding hydrogens is 458 g/mol. The zero-order chi connectivity index (χ0) is 26.5. The van der Waals surface area contributed by atoms with Crippen molar-refractivity contribution < 1.29 is 28.6 Å². The van der Waals surface area contributed by atoms with Gasteiger partial charge in [-0.2, -0.15) is 0 Å². The standard InChI is InChI=1S/C29H39NO6/c1-6-36-24-14-12-22(13-15-24)28(26-17-16-25(34-4)19-27(26)35-5)30-29(33)23(18-21(3)32)11-9-7-8-10-20(2)31/h12-17,19,23,28H,6-11,18H2,1-5H3,(H,30,33). The normalized spacial score (nSPS) is 12.4. The van der Waals surface area contributed by atoms with Crippen LogP contribution < -0.4 is 19.5 Å². The van der Waals surface area contributed by atoms with Gasteiger partial charge in [-0.3, -0.25) is 4.79 Å². The van der Waals surface area contributed by atoms with Gasteiger partial charge in [0, 0.05) is 30.4 Å². The molecular formula is C29H39NO6. The molecule has 0 aliphatic heterocycles. The van der Waals surface area contributed by atoms with Crippen molar-refractivity contribution in [2.45, 2.75) is 65.3 Å². The van der Waals surface area contributed by atoms with Gasteiger partial charge < -0.3 is 29.1 Å². The Hall–Kier alpha value is -3.35. The molecule has 0 radical (unpaired) electrons. The number of rotatable bonds is 16. The lowest BCUT2D eigenvalue weighted by Gasteiger charge is -2.25. The summed E-state index contributed by atoms with van der Waals surface area (Å²) in [6.07, 6.45) is 3.71. The zero-order valence-corrected chi connectivity index (χ0v) is 22.1. The zero-order valence-electron chi connectivity index (χ0n) is 22.1. The molecule has 0 saturated heterocycles. The molecule has 0 saturated carbocycles. The molecule has 2 atom stereocenters. The van der Waals surface area contributed by atoms with Crippen LogP contribution in [-0.2, 0) is 14.4 Å². The van der Waals surface area contributed by atoms with E-state index in [1.807, 2.05) is 43.3 Å². The van der Waals surface area contributed by atoms with Gasteiger partial charge in [-0.15, -0.1) is 0 Å². The average Bonchev–Trinajstić information content (AvgIpc) is 2.86. The first-order valence-electron chi connectivity index (χ1n) is 12.5. The van der Waals surface area contributed by atoms with Gasteiger partial charge in [0.2, 0.25) is 5.91 Å². The van der Waals surface area contributed by atoms with Crippen molar-refractivity contribution in [2.75, 3.05) is 20.8 Å². The number of Topliss-reactive ketones (excluding diaryl/α,β-unsaturated/α-hetero) is 2. The van der Waals surface area contributed by atoms with E-state index in [1.165, 1.54) is 6.92 Å². The number of ether oxygens (including phenoxy) is 3. The fourth-order valence-corrected chi connectivity index (χ4v) is 4.20. The van der Waals surface area contributed by atoms with Crippen molar-refractivity contribution in [1.82, 2.24) is 5.32 Å². The summed E-state index contributed by atoms with van der Waals surface area (Å²) >= 11 is 0. The molecule has 2 rings (SSSR count). The lowest BCUT2D eigenvalue weighted by atomic mass is 9.92. The summed E-state index contributed by atoms with van der Waals surface area (Å²) in [6.45, 7) is 5.58. The number of amides is 1. The molecule has 0 heterocycles. The molecule has 0 fully saturated rings. The van der Waals surface area contributed by atoms with E-state index in [9.17, 15) is 14.4 Å². The Morgan fingerprint density at radius 1 is 0.861 bits per heavy atom. The maximum absolute atomic E-state index is 13.5. The highest BCUT2D eigenvalue weighted by Crippen LogP contribution is 2.34. The van der Waals surface area contributed by atoms with E-state index in [0.717, 1.165) is 36.1 Å². The largest absolute Gasteiger partial charge is 0.497 e. The molecule has 7 heteroatoms. The van der Waals surface area contributed by atoms with Crippen LogP contribution >= 0.6 is 0 Å². The first-order valence-corrected chi connectivity index (χ1v) is 12.5. The van der Waals surface area contributed by atoms with Gasteiger partial charge in [-0.1, -0.05) is 25.0 Å². The number of carbonyl (C=O) groups is 3. The molecule has 2 unspecified atom stereocenters. The molecule has 2 aromatic carbocycles. The summed E-state index contributed by atoms with van der Waals surface area (Å²) in [6, 6.07) is 12.6. The van der Waals surface area contributed by atoms with Crippen LogP contribution in [0.25, 0.3) is 0 Å². The highest BCUT2D eigenvalue weighted by atomic mass is 16.5. The predicted octanol–water partition coefficient (Wildman–Crippen LogP) is 5.44. The number of unbranched alkanes of at least 4 members (excludes halogenated alkanes) is 2. The number of methoxy groups -OCH3 is 2. The van der Waals surface area contributed by atoms with Crippen molar-refractivity contribution in [2.24, 2.45) is 5.92 Å². The Morgan fingerprint density at radius 3 is 2.14 bits per heavy atom. The van der Waals surface area contributed by atoms with E-state index in [4.69, 9.17) is 14.2 Å². The third-order valence-electron chi connectivity index (χ3n) is 6.05. The van der Waals surface area contributed by atoms with Crippen LogP contribution in [0.5, 0.6) is 17.2 Å². The fourth-order valence-electron chi connectivity index (χ4n) is 4.20. The summed E-state index contributed by atoms with van der Waals surface area (Å²) in [5, 5.41) is 3.17. The molecule has 0 aromatic heterocycles. The van der Waals surface area contributed by atoms with E-state index < -0.39 is 12.0 Å². The number of hydrogen-bond acceptors (Lipinski definition) is 6. The fraction of sp³-hybridized carbons (Fsp3) is 0.483. The second-order valence-corrected chi connectivity index (χ2v) is 8.96. The van der Waals surface area contributed by atoms with Crippen molar-refractivity contribution in [3.8, 4) is 17.2 Å². The molecule has 2 aromatic rings. The molecule has 1 N–H and O–H groups in total. The Bertz CT molecular complexity index is 1000. The van der Waals surface area contributed by atoms with Gasteiger partial charge in [0.1, 0.15) is 28.8 Å². The van der Waals surface area contributed by atoms with E-state index in [1.54, 1.807) is 27.2 Å². The monoisotopic (exact) mass is 497 g/mol. The maximum Gasteiger partial charge on any atom is 0.224 e. The quantitative estimate of drug-likeness (QED) is 0.311. The second kappa shape index (κ2) is 14.9. The van der Waals surface area contributed by atoms with E-state index in [2.05, 4.69) is 5.32 Å². The topological polar surface area (TPSA) is 90.9 Å². The van der Waals surface area contributed by atoms with Gasteiger partial charge in [0.15, 0.2) is 0 Å². The van der Waals surface area contributed by atoms with Gasteiger partial charge in [0.25, 0.3) is 0 Å². The highest BCUT2D eigenvalue weighted by Gasteiger charge is 2.26. The van der Waals surface area contributed by atoms with E-state index in [0.29, 0.717) is 30.9 Å².